The van der Waals surface area contributed by atoms with E-state index in [4.69, 9.17) is 0 Å². The molecule has 5 heteroatoms. The van der Waals surface area contributed by atoms with Crippen molar-refractivity contribution >= 4 is 17.7 Å². The zero-order chi connectivity index (χ0) is 15.2. The third kappa shape index (κ3) is 4.99. The summed E-state index contributed by atoms with van der Waals surface area (Å²) in [5, 5.41) is 2.66. The number of halogens is 2. The van der Waals surface area contributed by atoms with Crippen molar-refractivity contribution in [3.8, 4) is 0 Å². The summed E-state index contributed by atoms with van der Waals surface area (Å²) in [4.78, 5) is 12.5. The zero-order valence-electron chi connectivity index (χ0n) is 12.2. The van der Waals surface area contributed by atoms with Crippen LogP contribution in [0.5, 0.6) is 0 Å². The first kappa shape index (κ1) is 16.3. The first-order chi connectivity index (χ1) is 10.1. The highest BCUT2D eigenvalue weighted by Gasteiger charge is 2.20. The summed E-state index contributed by atoms with van der Waals surface area (Å²) < 4.78 is 26.5. The second-order valence-corrected chi connectivity index (χ2v) is 6.91. The van der Waals surface area contributed by atoms with E-state index in [0.29, 0.717) is 4.90 Å². The summed E-state index contributed by atoms with van der Waals surface area (Å²) in [6.45, 7) is 1.75. The molecular weight excluding hydrogens is 292 g/mol. The van der Waals surface area contributed by atoms with Crippen molar-refractivity contribution in [1.82, 2.24) is 5.32 Å². The lowest BCUT2D eigenvalue weighted by Crippen LogP contribution is -2.39. The Hall–Kier alpha value is -1.10. The molecule has 2 nitrogen and oxygen atoms in total. The van der Waals surface area contributed by atoms with Crippen molar-refractivity contribution in [3.05, 3.63) is 29.8 Å². The number of carbonyl (C=O) groups is 1. The number of thioether (sulfide) groups is 1. The van der Waals surface area contributed by atoms with Crippen molar-refractivity contribution in [2.24, 2.45) is 0 Å². The lowest BCUT2D eigenvalue weighted by atomic mass is 10.1. The molecule has 2 rings (SSSR count). The Morgan fingerprint density at radius 2 is 1.90 bits per heavy atom. The third-order valence-corrected chi connectivity index (χ3v) is 4.92. The predicted molar refractivity (Wildman–Crippen MR) is 81.3 cm³/mol. The molecule has 0 radical (unpaired) electrons. The fourth-order valence-electron chi connectivity index (χ4n) is 2.56. The summed E-state index contributed by atoms with van der Waals surface area (Å²) in [5.74, 6) is -1.29. The van der Waals surface area contributed by atoms with E-state index in [1.807, 2.05) is 0 Å². The average molecular weight is 313 g/mol. The van der Waals surface area contributed by atoms with E-state index in [2.05, 4.69) is 5.32 Å². The normalized spacial score (nSPS) is 18.0. The summed E-state index contributed by atoms with van der Waals surface area (Å²) in [5.41, 5.74) is 0. The van der Waals surface area contributed by atoms with Gasteiger partial charge in [-0.25, -0.2) is 8.78 Å². The average Bonchev–Trinajstić information content (AvgIpc) is 2.70. The van der Waals surface area contributed by atoms with Crippen molar-refractivity contribution in [3.63, 3.8) is 0 Å². The minimum Gasteiger partial charge on any atom is -0.352 e. The number of hydrogen-bond acceptors (Lipinski definition) is 2. The van der Waals surface area contributed by atoms with Crippen LogP contribution in [0.3, 0.4) is 0 Å². The number of amides is 1. The van der Waals surface area contributed by atoms with Crippen molar-refractivity contribution in [2.45, 2.75) is 61.6 Å². The standard InChI is InChI=1S/C16H21F2NOS/c1-11(21-15-9-8-12(17)10-14(15)18)16(20)19-13-6-4-2-3-5-7-13/h8-11,13H,2-7H2,1H3,(H,19,20). The van der Waals surface area contributed by atoms with Crippen LogP contribution in [0, 0.1) is 11.6 Å². The molecule has 21 heavy (non-hydrogen) atoms. The minimum absolute atomic E-state index is 0.0735. The van der Waals surface area contributed by atoms with Crippen LogP contribution in [0.15, 0.2) is 23.1 Å². The first-order valence-electron chi connectivity index (χ1n) is 7.48. The molecule has 1 aromatic carbocycles. The van der Waals surface area contributed by atoms with Gasteiger partial charge in [0.05, 0.1) is 5.25 Å². The topological polar surface area (TPSA) is 29.1 Å². The Balaban J connectivity index is 1.89. The van der Waals surface area contributed by atoms with Gasteiger partial charge in [0.1, 0.15) is 11.6 Å². The van der Waals surface area contributed by atoms with Crippen LogP contribution in [0.25, 0.3) is 0 Å². The number of carbonyl (C=O) groups excluding carboxylic acids is 1. The third-order valence-electron chi connectivity index (χ3n) is 3.77. The van der Waals surface area contributed by atoms with E-state index in [0.717, 1.165) is 43.5 Å². The highest BCUT2D eigenvalue weighted by molar-refractivity contribution is 8.00. The molecule has 0 heterocycles. The summed E-state index contributed by atoms with van der Waals surface area (Å²) >= 11 is 1.13. The highest BCUT2D eigenvalue weighted by atomic mass is 32.2. The minimum atomic E-state index is -0.617. The molecule has 1 aliphatic rings. The van der Waals surface area contributed by atoms with Gasteiger partial charge in [0.2, 0.25) is 5.91 Å². The van der Waals surface area contributed by atoms with Crippen LogP contribution in [-0.2, 0) is 4.79 Å². The molecule has 0 saturated heterocycles. The van der Waals surface area contributed by atoms with E-state index in [-0.39, 0.29) is 11.9 Å². The van der Waals surface area contributed by atoms with Crippen LogP contribution in [0.2, 0.25) is 0 Å². The fraction of sp³-hybridized carbons (Fsp3) is 0.562. The molecule has 1 N–H and O–H groups in total. The number of rotatable bonds is 4. The van der Waals surface area contributed by atoms with E-state index in [1.54, 1.807) is 6.92 Å². The molecule has 0 aliphatic heterocycles. The Kier molecular flexibility index (Phi) is 6.03. The molecule has 1 saturated carbocycles. The number of nitrogens with one attached hydrogen (secondary N) is 1. The first-order valence-corrected chi connectivity index (χ1v) is 8.36. The molecule has 0 aromatic heterocycles. The summed E-state index contributed by atoms with van der Waals surface area (Å²) in [7, 11) is 0. The predicted octanol–water partition coefficient (Wildman–Crippen LogP) is 4.28. The molecule has 1 unspecified atom stereocenters. The van der Waals surface area contributed by atoms with Gasteiger partial charge in [-0.3, -0.25) is 4.79 Å². The molecular formula is C16H21F2NOS. The molecule has 1 fully saturated rings. The van der Waals surface area contributed by atoms with Crippen LogP contribution in [0.4, 0.5) is 8.78 Å². The van der Waals surface area contributed by atoms with Crippen molar-refractivity contribution < 1.29 is 13.6 Å². The van der Waals surface area contributed by atoms with Crippen LogP contribution in [-0.4, -0.2) is 17.2 Å². The molecule has 1 aromatic rings. The molecule has 1 aliphatic carbocycles. The van der Waals surface area contributed by atoms with Crippen LogP contribution < -0.4 is 5.32 Å². The Morgan fingerprint density at radius 1 is 1.24 bits per heavy atom. The number of benzene rings is 1. The monoisotopic (exact) mass is 313 g/mol. The Bertz CT molecular complexity index is 487. The Labute approximate surface area is 128 Å². The maximum atomic E-state index is 13.6. The highest BCUT2D eigenvalue weighted by Crippen LogP contribution is 2.27. The van der Waals surface area contributed by atoms with Crippen molar-refractivity contribution in [2.75, 3.05) is 0 Å². The van der Waals surface area contributed by atoms with Crippen LogP contribution >= 0.6 is 11.8 Å². The second kappa shape index (κ2) is 7.78. The van der Waals surface area contributed by atoms with Gasteiger partial charge in [-0.15, -0.1) is 11.8 Å². The SMILES string of the molecule is CC(Sc1ccc(F)cc1F)C(=O)NC1CCCCCC1. The van der Waals surface area contributed by atoms with Gasteiger partial charge in [0.25, 0.3) is 0 Å². The largest absolute Gasteiger partial charge is 0.352 e. The maximum Gasteiger partial charge on any atom is 0.233 e. The molecule has 116 valence electrons. The van der Waals surface area contributed by atoms with Gasteiger partial charge in [-0.1, -0.05) is 25.7 Å². The van der Waals surface area contributed by atoms with Gasteiger partial charge in [0.15, 0.2) is 0 Å². The fourth-order valence-corrected chi connectivity index (χ4v) is 3.43. The molecule has 1 amide bonds. The molecule has 0 bridgehead atoms. The lowest BCUT2D eigenvalue weighted by molar-refractivity contribution is -0.121. The lowest BCUT2D eigenvalue weighted by Gasteiger charge is -2.19. The van der Waals surface area contributed by atoms with Gasteiger partial charge < -0.3 is 5.32 Å². The van der Waals surface area contributed by atoms with Gasteiger partial charge in [0, 0.05) is 17.0 Å². The summed E-state index contributed by atoms with van der Waals surface area (Å²) in [6.07, 6.45) is 6.81. The number of hydrogen-bond donors (Lipinski definition) is 1. The Morgan fingerprint density at radius 3 is 2.52 bits per heavy atom. The van der Waals surface area contributed by atoms with E-state index in [9.17, 15) is 13.6 Å². The zero-order valence-corrected chi connectivity index (χ0v) is 13.0. The quantitative estimate of drug-likeness (QED) is 0.664. The molecule has 1 atom stereocenters. The van der Waals surface area contributed by atoms with Gasteiger partial charge in [-0.2, -0.15) is 0 Å². The summed E-state index contributed by atoms with van der Waals surface area (Å²) in [6, 6.07) is 3.67. The second-order valence-electron chi connectivity index (χ2n) is 5.53. The van der Waals surface area contributed by atoms with E-state index >= 15 is 0 Å². The van der Waals surface area contributed by atoms with E-state index < -0.39 is 16.9 Å². The smallest absolute Gasteiger partial charge is 0.233 e. The maximum absolute atomic E-state index is 13.6. The van der Waals surface area contributed by atoms with Crippen molar-refractivity contribution in [1.29, 1.82) is 0 Å². The van der Waals surface area contributed by atoms with Gasteiger partial charge >= 0.3 is 0 Å². The van der Waals surface area contributed by atoms with E-state index in [1.165, 1.54) is 25.0 Å². The van der Waals surface area contributed by atoms with Crippen LogP contribution in [0.1, 0.15) is 45.4 Å². The van der Waals surface area contributed by atoms with Gasteiger partial charge in [-0.05, 0) is 31.9 Å². The molecule has 0 spiro atoms.